The van der Waals surface area contributed by atoms with Gasteiger partial charge in [0.2, 0.25) is 5.91 Å². The molecule has 1 amide bonds. The summed E-state index contributed by atoms with van der Waals surface area (Å²) in [4.78, 5) is 15.8. The zero-order valence-corrected chi connectivity index (χ0v) is 9.47. The SMILES string of the molecule is CCC(C(N)=O)n1c(C)nc2ccccc21. The second-order valence-electron chi connectivity index (χ2n) is 3.84. The lowest BCUT2D eigenvalue weighted by atomic mass is 10.2. The van der Waals surface area contributed by atoms with Crippen LogP contribution < -0.4 is 5.73 Å². The number of nitrogens with zero attached hydrogens (tertiary/aromatic N) is 2. The van der Waals surface area contributed by atoms with Crippen LogP contribution in [-0.2, 0) is 4.79 Å². The van der Waals surface area contributed by atoms with Crippen molar-refractivity contribution in [3.8, 4) is 0 Å². The van der Waals surface area contributed by atoms with Crippen molar-refractivity contribution in [3.05, 3.63) is 30.1 Å². The Hall–Kier alpha value is -1.84. The van der Waals surface area contributed by atoms with Crippen molar-refractivity contribution in [1.82, 2.24) is 9.55 Å². The maximum atomic E-state index is 11.4. The predicted octanol–water partition coefficient (Wildman–Crippen LogP) is 1.78. The molecule has 84 valence electrons. The van der Waals surface area contributed by atoms with Crippen LogP contribution in [0.4, 0.5) is 0 Å². The van der Waals surface area contributed by atoms with Gasteiger partial charge in [-0.15, -0.1) is 0 Å². The number of primary amides is 1. The van der Waals surface area contributed by atoms with Crippen LogP contribution in [0.1, 0.15) is 25.2 Å². The van der Waals surface area contributed by atoms with Crippen LogP contribution in [-0.4, -0.2) is 15.5 Å². The Morgan fingerprint density at radius 1 is 1.50 bits per heavy atom. The van der Waals surface area contributed by atoms with E-state index < -0.39 is 0 Å². The van der Waals surface area contributed by atoms with Gasteiger partial charge in [-0.25, -0.2) is 4.98 Å². The van der Waals surface area contributed by atoms with Gasteiger partial charge in [0, 0.05) is 0 Å². The number of carbonyl (C=O) groups excluding carboxylic acids is 1. The van der Waals surface area contributed by atoms with Crippen molar-refractivity contribution in [1.29, 1.82) is 0 Å². The molecule has 1 atom stereocenters. The molecule has 4 nitrogen and oxygen atoms in total. The first-order chi connectivity index (χ1) is 7.65. The molecule has 1 heterocycles. The summed E-state index contributed by atoms with van der Waals surface area (Å²) < 4.78 is 1.91. The van der Waals surface area contributed by atoms with Crippen LogP contribution in [0.25, 0.3) is 11.0 Å². The van der Waals surface area contributed by atoms with Crippen molar-refractivity contribution >= 4 is 16.9 Å². The molecule has 4 heteroatoms. The van der Waals surface area contributed by atoms with Crippen molar-refractivity contribution in [3.63, 3.8) is 0 Å². The van der Waals surface area contributed by atoms with Crippen molar-refractivity contribution < 1.29 is 4.79 Å². The van der Waals surface area contributed by atoms with Crippen molar-refractivity contribution in [2.45, 2.75) is 26.3 Å². The number of amides is 1. The predicted molar refractivity (Wildman–Crippen MR) is 63.0 cm³/mol. The minimum Gasteiger partial charge on any atom is -0.368 e. The molecule has 0 spiro atoms. The van der Waals surface area contributed by atoms with Gasteiger partial charge < -0.3 is 10.3 Å². The van der Waals surface area contributed by atoms with E-state index in [0.717, 1.165) is 16.9 Å². The molecule has 2 N–H and O–H groups in total. The fourth-order valence-electron chi connectivity index (χ4n) is 2.07. The molecule has 1 unspecified atom stereocenters. The summed E-state index contributed by atoms with van der Waals surface area (Å²) in [5, 5.41) is 0. The number of rotatable bonds is 3. The first-order valence-corrected chi connectivity index (χ1v) is 5.38. The number of benzene rings is 1. The monoisotopic (exact) mass is 217 g/mol. The molecular formula is C12H15N3O. The Morgan fingerprint density at radius 3 is 2.81 bits per heavy atom. The molecule has 2 aromatic rings. The Labute approximate surface area is 94.1 Å². The van der Waals surface area contributed by atoms with Gasteiger partial charge in [0.15, 0.2) is 0 Å². The van der Waals surface area contributed by atoms with Crippen LogP contribution in [0.15, 0.2) is 24.3 Å². The fraction of sp³-hybridized carbons (Fsp3) is 0.333. The Morgan fingerprint density at radius 2 is 2.19 bits per heavy atom. The minimum absolute atomic E-state index is 0.311. The number of hydrogen-bond acceptors (Lipinski definition) is 2. The van der Waals surface area contributed by atoms with Gasteiger partial charge in [-0.3, -0.25) is 4.79 Å². The standard InChI is InChI=1S/C12H15N3O/c1-3-10(12(13)16)15-8(2)14-9-6-4-5-7-11(9)15/h4-7,10H,3H2,1-2H3,(H2,13,16). The van der Waals surface area contributed by atoms with E-state index >= 15 is 0 Å². The van der Waals surface area contributed by atoms with Gasteiger partial charge in [-0.2, -0.15) is 0 Å². The highest BCUT2D eigenvalue weighted by molar-refractivity contribution is 5.83. The molecule has 1 aromatic heterocycles. The van der Waals surface area contributed by atoms with Crippen LogP contribution in [0.5, 0.6) is 0 Å². The highest BCUT2D eigenvalue weighted by Gasteiger charge is 2.19. The van der Waals surface area contributed by atoms with Gasteiger partial charge in [0.1, 0.15) is 11.9 Å². The van der Waals surface area contributed by atoms with Gasteiger partial charge >= 0.3 is 0 Å². The first kappa shape index (κ1) is 10.7. The summed E-state index contributed by atoms with van der Waals surface area (Å²) >= 11 is 0. The summed E-state index contributed by atoms with van der Waals surface area (Å²) in [5.74, 6) is 0.514. The lowest BCUT2D eigenvalue weighted by molar-refractivity contribution is -0.121. The van der Waals surface area contributed by atoms with Gasteiger partial charge in [0.25, 0.3) is 0 Å². The van der Waals surface area contributed by atoms with Gasteiger partial charge in [-0.1, -0.05) is 19.1 Å². The third-order valence-electron chi connectivity index (χ3n) is 2.80. The number of hydrogen-bond donors (Lipinski definition) is 1. The summed E-state index contributed by atoms with van der Waals surface area (Å²) in [5.41, 5.74) is 7.28. The molecule has 0 aliphatic rings. The highest BCUT2D eigenvalue weighted by Crippen LogP contribution is 2.22. The van der Waals surface area contributed by atoms with Crippen LogP contribution >= 0.6 is 0 Å². The average Bonchev–Trinajstić information content (AvgIpc) is 2.57. The molecule has 16 heavy (non-hydrogen) atoms. The zero-order chi connectivity index (χ0) is 11.7. The number of para-hydroxylation sites is 2. The largest absolute Gasteiger partial charge is 0.368 e. The number of imidazole rings is 1. The van der Waals surface area contributed by atoms with E-state index in [9.17, 15) is 4.79 Å². The van der Waals surface area contributed by atoms with E-state index in [1.54, 1.807) is 0 Å². The van der Waals surface area contributed by atoms with Crippen LogP contribution in [0, 0.1) is 6.92 Å². The Kier molecular flexibility index (Phi) is 2.64. The van der Waals surface area contributed by atoms with Crippen molar-refractivity contribution in [2.75, 3.05) is 0 Å². The summed E-state index contributed by atoms with van der Waals surface area (Å²) in [7, 11) is 0. The maximum Gasteiger partial charge on any atom is 0.240 e. The highest BCUT2D eigenvalue weighted by atomic mass is 16.1. The van der Waals surface area contributed by atoms with E-state index in [2.05, 4.69) is 4.98 Å². The normalized spacial score (nSPS) is 12.9. The lowest BCUT2D eigenvalue weighted by Gasteiger charge is -2.15. The molecule has 1 aromatic carbocycles. The van der Waals surface area contributed by atoms with E-state index in [1.165, 1.54) is 0 Å². The number of aryl methyl sites for hydroxylation is 1. The molecule has 0 aliphatic carbocycles. The van der Waals surface area contributed by atoms with E-state index in [0.29, 0.717) is 6.42 Å². The zero-order valence-electron chi connectivity index (χ0n) is 9.47. The maximum absolute atomic E-state index is 11.4. The summed E-state index contributed by atoms with van der Waals surface area (Å²) in [6, 6.07) is 7.46. The van der Waals surface area contributed by atoms with Crippen LogP contribution in [0.3, 0.4) is 0 Å². The molecule has 0 bridgehead atoms. The Balaban J connectivity index is 2.66. The molecule has 0 saturated carbocycles. The minimum atomic E-state index is -0.313. The van der Waals surface area contributed by atoms with Crippen molar-refractivity contribution in [2.24, 2.45) is 5.73 Å². The van der Waals surface area contributed by atoms with E-state index in [4.69, 9.17) is 5.73 Å². The summed E-state index contributed by atoms with van der Waals surface area (Å²) in [6.45, 7) is 3.84. The van der Waals surface area contributed by atoms with Crippen LogP contribution in [0.2, 0.25) is 0 Å². The van der Waals surface area contributed by atoms with E-state index in [-0.39, 0.29) is 11.9 Å². The van der Waals surface area contributed by atoms with Gasteiger partial charge in [-0.05, 0) is 25.5 Å². The number of carbonyl (C=O) groups is 1. The van der Waals surface area contributed by atoms with Gasteiger partial charge in [0.05, 0.1) is 11.0 Å². The first-order valence-electron chi connectivity index (χ1n) is 5.38. The molecule has 0 fully saturated rings. The number of nitrogens with two attached hydrogens (primary N) is 1. The van der Waals surface area contributed by atoms with E-state index in [1.807, 2.05) is 42.7 Å². The molecular weight excluding hydrogens is 202 g/mol. The third-order valence-corrected chi connectivity index (χ3v) is 2.80. The average molecular weight is 217 g/mol. The number of fused-ring (bicyclic) bond motifs is 1. The fourth-order valence-corrected chi connectivity index (χ4v) is 2.07. The second kappa shape index (κ2) is 3.96. The summed E-state index contributed by atoms with van der Waals surface area (Å²) in [6.07, 6.45) is 0.677. The molecule has 0 saturated heterocycles. The quantitative estimate of drug-likeness (QED) is 0.851. The second-order valence-corrected chi connectivity index (χ2v) is 3.84. The lowest BCUT2D eigenvalue weighted by Crippen LogP contribution is -2.26. The molecule has 0 aliphatic heterocycles. The topological polar surface area (TPSA) is 60.9 Å². The molecule has 2 rings (SSSR count). The third kappa shape index (κ3) is 1.56. The smallest absolute Gasteiger partial charge is 0.240 e. The number of aromatic nitrogens is 2. The Bertz CT molecular complexity index is 530. The molecule has 0 radical (unpaired) electrons.